The van der Waals surface area contributed by atoms with Gasteiger partial charge in [-0.25, -0.2) is 9.78 Å². The Balaban J connectivity index is 2.61. The number of rotatable bonds is 1. The second kappa shape index (κ2) is 3.57. The number of carbonyl (C=O) groups is 1. The molecule has 0 amide bonds. The fourth-order valence-electron chi connectivity index (χ4n) is 2.44. The molecule has 90 valence electrons. The standard InChI is InChI=1S/C14H12N2O2/c1-8-7-9(2)16-11-6-4-3-5-10(11)15-13(16)12(8)14(17)18/h3-7H,1-2H3,(H,17,18). The molecule has 1 aromatic carbocycles. The summed E-state index contributed by atoms with van der Waals surface area (Å²) >= 11 is 0. The number of imidazole rings is 1. The minimum Gasteiger partial charge on any atom is -0.478 e. The Kier molecular flexibility index (Phi) is 2.13. The summed E-state index contributed by atoms with van der Waals surface area (Å²) in [6.07, 6.45) is 0. The topological polar surface area (TPSA) is 54.6 Å². The van der Waals surface area contributed by atoms with Gasteiger partial charge in [-0.2, -0.15) is 0 Å². The van der Waals surface area contributed by atoms with E-state index in [0.29, 0.717) is 5.65 Å². The van der Waals surface area contributed by atoms with E-state index in [-0.39, 0.29) is 5.56 Å². The van der Waals surface area contributed by atoms with Crippen molar-refractivity contribution in [3.05, 3.63) is 47.2 Å². The van der Waals surface area contributed by atoms with Crippen LogP contribution in [-0.2, 0) is 0 Å². The van der Waals surface area contributed by atoms with Gasteiger partial charge in [0.1, 0.15) is 5.56 Å². The number of nitrogens with zero attached hydrogens (tertiary/aromatic N) is 2. The minimum absolute atomic E-state index is 0.275. The molecular weight excluding hydrogens is 228 g/mol. The summed E-state index contributed by atoms with van der Waals surface area (Å²) in [6.45, 7) is 3.76. The van der Waals surface area contributed by atoms with Gasteiger partial charge in [-0.05, 0) is 37.6 Å². The average molecular weight is 240 g/mol. The van der Waals surface area contributed by atoms with Crippen molar-refractivity contribution in [2.24, 2.45) is 0 Å². The van der Waals surface area contributed by atoms with Crippen molar-refractivity contribution in [3.8, 4) is 0 Å². The molecule has 0 aliphatic heterocycles. The summed E-state index contributed by atoms with van der Waals surface area (Å²) in [5, 5.41) is 9.33. The van der Waals surface area contributed by atoms with Gasteiger partial charge in [0.25, 0.3) is 0 Å². The van der Waals surface area contributed by atoms with Gasteiger partial charge in [0.05, 0.1) is 11.0 Å². The predicted octanol–water partition coefficient (Wildman–Crippen LogP) is 2.80. The molecule has 0 unspecified atom stereocenters. The van der Waals surface area contributed by atoms with Crippen molar-refractivity contribution >= 4 is 22.6 Å². The first-order valence-corrected chi connectivity index (χ1v) is 5.70. The van der Waals surface area contributed by atoms with Crippen molar-refractivity contribution in [1.82, 2.24) is 9.38 Å². The fraction of sp³-hybridized carbons (Fsp3) is 0.143. The molecule has 3 aromatic rings. The number of para-hydroxylation sites is 2. The van der Waals surface area contributed by atoms with Crippen LogP contribution in [0.4, 0.5) is 0 Å². The summed E-state index contributed by atoms with van der Waals surface area (Å²) < 4.78 is 1.89. The zero-order chi connectivity index (χ0) is 12.9. The molecular formula is C14H12N2O2. The number of aromatic carboxylic acids is 1. The van der Waals surface area contributed by atoms with Crippen LogP contribution in [0, 0.1) is 13.8 Å². The maximum atomic E-state index is 11.4. The van der Waals surface area contributed by atoms with E-state index in [1.54, 1.807) is 6.92 Å². The Hall–Kier alpha value is -2.36. The van der Waals surface area contributed by atoms with Gasteiger partial charge in [-0.1, -0.05) is 12.1 Å². The molecule has 0 fully saturated rings. The molecule has 1 N–H and O–H groups in total. The number of aryl methyl sites for hydroxylation is 2. The molecule has 4 nitrogen and oxygen atoms in total. The first-order valence-electron chi connectivity index (χ1n) is 5.70. The molecule has 4 heteroatoms. The van der Waals surface area contributed by atoms with Crippen LogP contribution >= 0.6 is 0 Å². The molecule has 0 bridgehead atoms. The van der Waals surface area contributed by atoms with Crippen LogP contribution in [0.25, 0.3) is 16.7 Å². The van der Waals surface area contributed by atoms with Crippen molar-refractivity contribution in [2.75, 3.05) is 0 Å². The highest BCUT2D eigenvalue weighted by atomic mass is 16.4. The number of hydrogen-bond donors (Lipinski definition) is 1. The molecule has 2 heterocycles. The second-order valence-corrected chi connectivity index (χ2v) is 4.41. The van der Waals surface area contributed by atoms with Crippen LogP contribution in [0.5, 0.6) is 0 Å². The summed E-state index contributed by atoms with van der Waals surface area (Å²) in [6, 6.07) is 9.55. The molecule has 0 aliphatic rings. The summed E-state index contributed by atoms with van der Waals surface area (Å²) in [5.41, 5.74) is 4.27. The van der Waals surface area contributed by atoms with E-state index in [9.17, 15) is 9.90 Å². The summed E-state index contributed by atoms with van der Waals surface area (Å²) in [7, 11) is 0. The maximum Gasteiger partial charge on any atom is 0.339 e. The van der Waals surface area contributed by atoms with Gasteiger partial charge in [0.15, 0.2) is 5.65 Å². The molecule has 0 aliphatic carbocycles. The Morgan fingerprint density at radius 3 is 2.72 bits per heavy atom. The van der Waals surface area contributed by atoms with E-state index < -0.39 is 5.97 Å². The van der Waals surface area contributed by atoms with Crippen LogP contribution in [0.1, 0.15) is 21.6 Å². The number of pyridine rings is 1. The van der Waals surface area contributed by atoms with E-state index in [1.807, 2.05) is 41.7 Å². The quantitative estimate of drug-likeness (QED) is 0.711. The fourth-order valence-corrected chi connectivity index (χ4v) is 2.44. The second-order valence-electron chi connectivity index (χ2n) is 4.41. The molecule has 2 aromatic heterocycles. The lowest BCUT2D eigenvalue weighted by Crippen LogP contribution is -2.05. The molecule has 0 saturated heterocycles. The number of fused-ring (bicyclic) bond motifs is 3. The zero-order valence-electron chi connectivity index (χ0n) is 10.1. The van der Waals surface area contributed by atoms with Gasteiger partial charge >= 0.3 is 5.97 Å². The van der Waals surface area contributed by atoms with Crippen molar-refractivity contribution in [1.29, 1.82) is 0 Å². The van der Waals surface area contributed by atoms with Crippen LogP contribution in [-0.4, -0.2) is 20.5 Å². The first kappa shape index (κ1) is 10.8. The Morgan fingerprint density at radius 1 is 1.28 bits per heavy atom. The molecule has 18 heavy (non-hydrogen) atoms. The normalized spacial score (nSPS) is 11.2. The monoisotopic (exact) mass is 240 g/mol. The van der Waals surface area contributed by atoms with Gasteiger partial charge < -0.3 is 5.11 Å². The number of carboxylic acids is 1. The first-order chi connectivity index (χ1) is 8.59. The van der Waals surface area contributed by atoms with Crippen molar-refractivity contribution < 1.29 is 9.90 Å². The minimum atomic E-state index is -0.937. The SMILES string of the molecule is Cc1cc(C)n2c(nc3ccccc32)c1C(=O)O. The van der Waals surface area contributed by atoms with E-state index in [1.165, 1.54) is 0 Å². The third-order valence-corrected chi connectivity index (χ3v) is 3.17. The van der Waals surface area contributed by atoms with Crippen LogP contribution in [0.15, 0.2) is 30.3 Å². The molecule has 0 atom stereocenters. The van der Waals surface area contributed by atoms with Crippen LogP contribution in [0.2, 0.25) is 0 Å². The van der Waals surface area contributed by atoms with Crippen LogP contribution < -0.4 is 0 Å². The van der Waals surface area contributed by atoms with Gasteiger partial charge in [-0.3, -0.25) is 4.40 Å². The Morgan fingerprint density at radius 2 is 2.00 bits per heavy atom. The largest absolute Gasteiger partial charge is 0.478 e. The smallest absolute Gasteiger partial charge is 0.339 e. The lowest BCUT2D eigenvalue weighted by molar-refractivity contribution is 0.0697. The van der Waals surface area contributed by atoms with E-state index in [4.69, 9.17) is 0 Å². The van der Waals surface area contributed by atoms with Gasteiger partial charge in [0.2, 0.25) is 0 Å². The molecule has 0 radical (unpaired) electrons. The maximum absolute atomic E-state index is 11.4. The zero-order valence-corrected chi connectivity index (χ0v) is 10.1. The predicted molar refractivity (Wildman–Crippen MR) is 69.1 cm³/mol. The van der Waals surface area contributed by atoms with Crippen molar-refractivity contribution in [3.63, 3.8) is 0 Å². The van der Waals surface area contributed by atoms with Crippen LogP contribution in [0.3, 0.4) is 0 Å². The highest BCUT2D eigenvalue weighted by Gasteiger charge is 2.17. The number of aromatic nitrogens is 2. The Bertz CT molecular complexity index is 787. The third kappa shape index (κ3) is 1.32. The summed E-state index contributed by atoms with van der Waals surface area (Å²) in [4.78, 5) is 15.8. The highest BCUT2D eigenvalue weighted by molar-refractivity contribution is 5.98. The van der Waals surface area contributed by atoms with Gasteiger partial charge in [0, 0.05) is 5.69 Å². The highest BCUT2D eigenvalue weighted by Crippen LogP contribution is 2.23. The molecule has 3 rings (SSSR count). The molecule has 0 saturated carbocycles. The lowest BCUT2D eigenvalue weighted by Gasteiger charge is -2.07. The van der Waals surface area contributed by atoms with Gasteiger partial charge in [-0.15, -0.1) is 0 Å². The van der Waals surface area contributed by atoms with Crippen molar-refractivity contribution in [2.45, 2.75) is 13.8 Å². The Labute approximate surface area is 104 Å². The lowest BCUT2D eigenvalue weighted by atomic mass is 10.1. The van der Waals surface area contributed by atoms with E-state index in [2.05, 4.69) is 4.98 Å². The third-order valence-electron chi connectivity index (χ3n) is 3.17. The number of hydrogen-bond acceptors (Lipinski definition) is 2. The molecule has 0 spiro atoms. The van der Waals surface area contributed by atoms with E-state index >= 15 is 0 Å². The number of benzene rings is 1. The number of carboxylic acid groups (broad SMARTS) is 1. The van der Waals surface area contributed by atoms with E-state index in [0.717, 1.165) is 22.3 Å². The summed E-state index contributed by atoms with van der Waals surface area (Å²) in [5.74, 6) is -0.937. The average Bonchev–Trinajstić information content (AvgIpc) is 2.66.